The zero-order valence-corrected chi connectivity index (χ0v) is 8.85. The summed E-state index contributed by atoms with van der Waals surface area (Å²) in [4.78, 5) is 4.39. The summed E-state index contributed by atoms with van der Waals surface area (Å²) in [6.07, 6.45) is 1.95. The Hall–Kier alpha value is -1.51. The average Bonchev–Trinajstić information content (AvgIpc) is 2.76. The highest BCUT2D eigenvalue weighted by Crippen LogP contribution is 2.16. The van der Waals surface area contributed by atoms with Gasteiger partial charge in [0.25, 0.3) is 0 Å². The SMILES string of the molecule is COC1=N[C@H](COc2ccccc2)CC1. The maximum absolute atomic E-state index is 5.62. The molecule has 0 radical (unpaired) electrons. The topological polar surface area (TPSA) is 30.8 Å². The summed E-state index contributed by atoms with van der Waals surface area (Å²) in [7, 11) is 1.67. The molecule has 1 aliphatic heterocycles. The molecule has 3 nitrogen and oxygen atoms in total. The molecule has 1 aromatic rings. The second-order valence-corrected chi connectivity index (χ2v) is 3.54. The van der Waals surface area contributed by atoms with Crippen LogP contribution in [-0.4, -0.2) is 25.7 Å². The molecule has 1 aromatic carbocycles. The molecule has 0 unspecified atom stereocenters. The van der Waals surface area contributed by atoms with E-state index in [0.717, 1.165) is 24.5 Å². The largest absolute Gasteiger partial charge is 0.491 e. The predicted molar refractivity (Wildman–Crippen MR) is 59.4 cm³/mol. The number of benzene rings is 1. The molecule has 3 heteroatoms. The molecule has 0 fully saturated rings. The van der Waals surface area contributed by atoms with Gasteiger partial charge in [-0.3, -0.25) is 0 Å². The van der Waals surface area contributed by atoms with E-state index in [1.54, 1.807) is 7.11 Å². The first-order valence-electron chi connectivity index (χ1n) is 5.17. The summed E-state index contributed by atoms with van der Waals surface area (Å²) in [6.45, 7) is 0.636. The lowest BCUT2D eigenvalue weighted by molar-refractivity contribution is 0.289. The quantitative estimate of drug-likeness (QED) is 0.758. The highest BCUT2D eigenvalue weighted by atomic mass is 16.5. The first kappa shape index (κ1) is 10.0. The van der Waals surface area contributed by atoms with Gasteiger partial charge < -0.3 is 9.47 Å². The number of hydrogen-bond acceptors (Lipinski definition) is 3. The van der Waals surface area contributed by atoms with Crippen LogP contribution in [0.1, 0.15) is 12.8 Å². The van der Waals surface area contributed by atoms with Gasteiger partial charge in [0.1, 0.15) is 12.4 Å². The average molecular weight is 205 g/mol. The minimum absolute atomic E-state index is 0.250. The molecular weight excluding hydrogens is 190 g/mol. The number of hydrogen-bond donors (Lipinski definition) is 0. The van der Waals surface area contributed by atoms with Crippen LogP contribution in [-0.2, 0) is 4.74 Å². The number of para-hydroxylation sites is 1. The molecule has 0 amide bonds. The molecule has 0 bridgehead atoms. The molecule has 2 rings (SSSR count). The Kier molecular flexibility index (Phi) is 3.22. The first-order chi connectivity index (χ1) is 7.38. The van der Waals surface area contributed by atoms with E-state index in [4.69, 9.17) is 9.47 Å². The molecule has 0 aromatic heterocycles. The number of rotatable bonds is 3. The third kappa shape index (κ3) is 2.72. The van der Waals surface area contributed by atoms with Gasteiger partial charge in [-0.05, 0) is 18.6 Å². The highest BCUT2D eigenvalue weighted by molar-refractivity contribution is 5.77. The van der Waals surface area contributed by atoms with Crippen LogP contribution < -0.4 is 4.74 Å². The van der Waals surface area contributed by atoms with Gasteiger partial charge in [-0.15, -0.1) is 0 Å². The Morgan fingerprint density at radius 2 is 2.13 bits per heavy atom. The second-order valence-electron chi connectivity index (χ2n) is 3.54. The lowest BCUT2D eigenvalue weighted by Gasteiger charge is -2.08. The lowest BCUT2D eigenvalue weighted by atomic mass is 10.2. The Morgan fingerprint density at radius 3 is 2.80 bits per heavy atom. The van der Waals surface area contributed by atoms with Gasteiger partial charge in [0.15, 0.2) is 5.90 Å². The van der Waals surface area contributed by atoms with E-state index >= 15 is 0 Å². The van der Waals surface area contributed by atoms with Crippen LogP contribution in [0.15, 0.2) is 35.3 Å². The number of methoxy groups -OCH3 is 1. The summed E-state index contributed by atoms with van der Waals surface area (Å²) in [5.41, 5.74) is 0. The molecule has 0 saturated carbocycles. The van der Waals surface area contributed by atoms with Gasteiger partial charge in [0.05, 0.1) is 13.2 Å². The van der Waals surface area contributed by atoms with Crippen molar-refractivity contribution >= 4 is 5.90 Å². The molecule has 1 atom stereocenters. The van der Waals surface area contributed by atoms with E-state index in [0.29, 0.717) is 6.61 Å². The summed E-state index contributed by atoms with van der Waals surface area (Å²) in [5.74, 6) is 1.75. The fraction of sp³-hybridized carbons (Fsp3) is 0.417. The summed E-state index contributed by atoms with van der Waals surface area (Å²) in [5, 5.41) is 0. The van der Waals surface area contributed by atoms with E-state index in [1.165, 1.54) is 0 Å². The Morgan fingerprint density at radius 1 is 1.33 bits per heavy atom. The zero-order valence-electron chi connectivity index (χ0n) is 8.85. The van der Waals surface area contributed by atoms with Crippen molar-refractivity contribution < 1.29 is 9.47 Å². The third-order valence-electron chi connectivity index (χ3n) is 2.44. The first-order valence-corrected chi connectivity index (χ1v) is 5.17. The number of ether oxygens (including phenoxy) is 2. The molecule has 0 aliphatic carbocycles. The van der Waals surface area contributed by atoms with Crippen LogP contribution in [0.4, 0.5) is 0 Å². The molecule has 1 aliphatic rings. The van der Waals surface area contributed by atoms with E-state index in [2.05, 4.69) is 4.99 Å². The minimum Gasteiger partial charge on any atom is -0.491 e. The van der Waals surface area contributed by atoms with Crippen LogP contribution in [0.3, 0.4) is 0 Å². The highest BCUT2D eigenvalue weighted by Gasteiger charge is 2.18. The second kappa shape index (κ2) is 4.82. The van der Waals surface area contributed by atoms with E-state index in [9.17, 15) is 0 Å². The third-order valence-corrected chi connectivity index (χ3v) is 2.44. The number of nitrogens with zero attached hydrogens (tertiary/aromatic N) is 1. The maximum Gasteiger partial charge on any atom is 0.183 e. The normalized spacial score (nSPS) is 19.8. The van der Waals surface area contributed by atoms with Crippen LogP contribution in [0.5, 0.6) is 5.75 Å². The fourth-order valence-corrected chi connectivity index (χ4v) is 1.61. The number of aliphatic imine (C=N–C) groups is 1. The van der Waals surface area contributed by atoms with Crippen LogP contribution >= 0.6 is 0 Å². The van der Waals surface area contributed by atoms with Crippen molar-refractivity contribution in [3.05, 3.63) is 30.3 Å². The maximum atomic E-state index is 5.62. The van der Waals surface area contributed by atoms with E-state index in [-0.39, 0.29) is 6.04 Å². The predicted octanol–water partition coefficient (Wildman–Crippen LogP) is 2.27. The molecule has 80 valence electrons. The minimum atomic E-state index is 0.250. The van der Waals surface area contributed by atoms with Crippen molar-refractivity contribution in [1.29, 1.82) is 0 Å². The smallest absolute Gasteiger partial charge is 0.183 e. The van der Waals surface area contributed by atoms with Crippen LogP contribution in [0.25, 0.3) is 0 Å². The monoisotopic (exact) mass is 205 g/mol. The summed E-state index contributed by atoms with van der Waals surface area (Å²) < 4.78 is 10.7. The van der Waals surface area contributed by atoms with Gasteiger partial charge in [0.2, 0.25) is 0 Å². The fourth-order valence-electron chi connectivity index (χ4n) is 1.61. The Labute approximate surface area is 89.7 Å². The molecule has 1 heterocycles. The van der Waals surface area contributed by atoms with Gasteiger partial charge in [-0.2, -0.15) is 0 Å². The molecule has 0 saturated heterocycles. The zero-order chi connectivity index (χ0) is 10.5. The van der Waals surface area contributed by atoms with Gasteiger partial charge in [-0.25, -0.2) is 4.99 Å². The van der Waals surface area contributed by atoms with Crippen molar-refractivity contribution in [3.63, 3.8) is 0 Å². The van der Waals surface area contributed by atoms with Crippen molar-refractivity contribution in [2.45, 2.75) is 18.9 Å². The van der Waals surface area contributed by atoms with E-state index in [1.807, 2.05) is 30.3 Å². The van der Waals surface area contributed by atoms with Crippen molar-refractivity contribution in [2.24, 2.45) is 4.99 Å². The molecule has 15 heavy (non-hydrogen) atoms. The van der Waals surface area contributed by atoms with Crippen molar-refractivity contribution in [3.8, 4) is 5.75 Å². The molecular formula is C12H15NO2. The van der Waals surface area contributed by atoms with Gasteiger partial charge in [-0.1, -0.05) is 18.2 Å². The van der Waals surface area contributed by atoms with Crippen LogP contribution in [0, 0.1) is 0 Å². The molecule has 0 spiro atoms. The van der Waals surface area contributed by atoms with Gasteiger partial charge in [0, 0.05) is 6.42 Å². The molecule has 0 N–H and O–H groups in total. The van der Waals surface area contributed by atoms with Crippen LogP contribution in [0.2, 0.25) is 0 Å². The Balaban J connectivity index is 1.82. The van der Waals surface area contributed by atoms with E-state index < -0.39 is 0 Å². The van der Waals surface area contributed by atoms with Crippen molar-refractivity contribution in [1.82, 2.24) is 0 Å². The lowest BCUT2D eigenvalue weighted by Crippen LogP contribution is -2.12. The summed E-state index contributed by atoms with van der Waals surface area (Å²) in [6, 6.07) is 10.1. The van der Waals surface area contributed by atoms with Gasteiger partial charge >= 0.3 is 0 Å². The summed E-state index contributed by atoms with van der Waals surface area (Å²) >= 11 is 0. The Bertz CT molecular complexity index is 335. The van der Waals surface area contributed by atoms with Crippen molar-refractivity contribution in [2.75, 3.05) is 13.7 Å². The standard InChI is InChI=1S/C12H15NO2/c1-14-12-8-7-10(13-12)9-15-11-5-3-2-4-6-11/h2-6,10H,7-9H2,1H3/t10-/m0/s1.